The summed E-state index contributed by atoms with van der Waals surface area (Å²) >= 11 is 0. The van der Waals surface area contributed by atoms with Gasteiger partial charge in [0.1, 0.15) is 5.75 Å². The van der Waals surface area contributed by atoms with Crippen molar-refractivity contribution in [2.24, 2.45) is 11.3 Å². The van der Waals surface area contributed by atoms with Gasteiger partial charge in [0.05, 0.1) is 6.61 Å². The summed E-state index contributed by atoms with van der Waals surface area (Å²) in [6, 6.07) is 8.95. The smallest absolute Gasteiger partial charge is 0.119 e. The van der Waals surface area contributed by atoms with Crippen molar-refractivity contribution in [2.45, 2.75) is 53.0 Å². The number of nitrogens with one attached hydrogen (secondary N) is 1. The first kappa shape index (κ1) is 15.4. The van der Waals surface area contributed by atoms with Crippen LogP contribution < -0.4 is 10.1 Å². The Bertz CT molecular complexity index is 406. The molecule has 0 aliphatic heterocycles. The van der Waals surface area contributed by atoms with E-state index in [1.807, 2.05) is 0 Å². The molecule has 1 aromatic carbocycles. The molecular formula is C18H29NO. The standard InChI is InChI=1S/C18H29NO/c1-5-18(10-11-18)13-19-15(4)16-6-8-17(9-7-16)20-12-14(2)3/h6-9,14-15,19H,5,10-13H2,1-4H3. The van der Waals surface area contributed by atoms with Crippen LogP contribution in [0.2, 0.25) is 0 Å². The monoisotopic (exact) mass is 275 g/mol. The molecule has 0 heterocycles. The maximum atomic E-state index is 5.72. The second-order valence-corrected chi connectivity index (χ2v) is 6.73. The Labute approximate surface area is 123 Å². The molecule has 2 rings (SSSR count). The van der Waals surface area contributed by atoms with E-state index in [0.717, 1.165) is 18.9 Å². The van der Waals surface area contributed by atoms with E-state index >= 15 is 0 Å². The highest BCUT2D eigenvalue weighted by atomic mass is 16.5. The number of hydrogen-bond acceptors (Lipinski definition) is 2. The molecule has 20 heavy (non-hydrogen) atoms. The molecule has 1 unspecified atom stereocenters. The van der Waals surface area contributed by atoms with Crippen molar-refractivity contribution in [1.29, 1.82) is 0 Å². The molecule has 2 nitrogen and oxygen atoms in total. The van der Waals surface area contributed by atoms with Gasteiger partial charge in [0.15, 0.2) is 0 Å². The first-order valence-corrected chi connectivity index (χ1v) is 8.01. The SMILES string of the molecule is CCC1(CNC(C)c2ccc(OCC(C)C)cc2)CC1. The van der Waals surface area contributed by atoms with Gasteiger partial charge in [0, 0.05) is 12.6 Å². The zero-order valence-electron chi connectivity index (χ0n) is 13.4. The topological polar surface area (TPSA) is 21.3 Å². The predicted octanol–water partition coefficient (Wildman–Crippen LogP) is 4.56. The fraction of sp³-hybridized carbons (Fsp3) is 0.667. The molecule has 2 heteroatoms. The summed E-state index contributed by atoms with van der Waals surface area (Å²) in [7, 11) is 0. The van der Waals surface area contributed by atoms with E-state index in [4.69, 9.17) is 4.74 Å². The van der Waals surface area contributed by atoms with Gasteiger partial charge in [-0.3, -0.25) is 0 Å². The molecule has 1 aliphatic rings. The van der Waals surface area contributed by atoms with Gasteiger partial charge in [-0.2, -0.15) is 0 Å². The lowest BCUT2D eigenvalue weighted by atomic mass is 10.0. The summed E-state index contributed by atoms with van der Waals surface area (Å²) in [5.74, 6) is 1.54. The van der Waals surface area contributed by atoms with Crippen molar-refractivity contribution in [1.82, 2.24) is 5.32 Å². The fourth-order valence-corrected chi connectivity index (χ4v) is 2.44. The average Bonchev–Trinajstić information content (AvgIpc) is 3.24. The van der Waals surface area contributed by atoms with Crippen LogP contribution >= 0.6 is 0 Å². The molecule has 1 aromatic rings. The van der Waals surface area contributed by atoms with Gasteiger partial charge in [-0.05, 0) is 55.2 Å². The Morgan fingerprint density at radius 1 is 1.15 bits per heavy atom. The van der Waals surface area contributed by atoms with Crippen LogP contribution in [0.1, 0.15) is 58.6 Å². The third-order valence-electron chi connectivity index (χ3n) is 4.45. The van der Waals surface area contributed by atoms with E-state index in [0.29, 0.717) is 17.4 Å². The third kappa shape index (κ3) is 4.24. The highest BCUT2D eigenvalue weighted by molar-refractivity contribution is 5.29. The first-order valence-electron chi connectivity index (χ1n) is 8.01. The number of ether oxygens (including phenoxy) is 1. The van der Waals surface area contributed by atoms with E-state index in [1.165, 1.54) is 24.8 Å². The van der Waals surface area contributed by atoms with E-state index in [-0.39, 0.29) is 0 Å². The largest absolute Gasteiger partial charge is 0.493 e. The molecule has 0 spiro atoms. The highest BCUT2D eigenvalue weighted by Gasteiger charge is 2.40. The van der Waals surface area contributed by atoms with E-state index in [2.05, 4.69) is 57.3 Å². The molecule has 1 atom stereocenters. The molecular weight excluding hydrogens is 246 g/mol. The average molecular weight is 275 g/mol. The Balaban J connectivity index is 1.82. The van der Waals surface area contributed by atoms with Crippen LogP contribution in [-0.2, 0) is 0 Å². The van der Waals surface area contributed by atoms with Gasteiger partial charge in [0.2, 0.25) is 0 Å². The van der Waals surface area contributed by atoms with Gasteiger partial charge < -0.3 is 10.1 Å². The lowest BCUT2D eigenvalue weighted by molar-refractivity contribution is 0.271. The number of rotatable bonds is 8. The van der Waals surface area contributed by atoms with Gasteiger partial charge >= 0.3 is 0 Å². The molecule has 0 radical (unpaired) electrons. The molecule has 0 bridgehead atoms. The summed E-state index contributed by atoms with van der Waals surface area (Å²) in [5, 5.41) is 3.68. The maximum Gasteiger partial charge on any atom is 0.119 e. The van der Waals surface area contributed by atoms with Crippen LogP contribution in [0.3, 0.4) is 0 Å². The maximum absolute atomic E-state index is 5.72. The molecule has 1 saturated carbocycles. The quantitative estimate of drug-likeness (QED) is 0.751. The zero-order valence-corrected chi connectivity index (χ0v) is 13.4. The van der Waals surface area contributed by atoms with Gasteiger partial charge in [-0.25, -0.2) is 0 Å². The molecule has 0 amide bonds. The van der Waals surface area contributed by atoms with Gasteiger partial charge in [0.25, 0.3) is 0 Å². The van der Waals surface area contributed by atoms with Crippen molar-refractivity contribution in [3.8, 4) is 5.75 Å². The summed E-state index contributed by atoms with van der Waals surface area (Å²) < 4.78 is 5.72. The van der Waals surface area contributed by atoms with Crippen molar-refractivity contribution < 1.29 is 4.74 Å². The molecule has 1 fully saturated rings. The minimum absolute atomic E-state index is 0.415. The molecule has 1 aliphatic carbocycles. The van der Waals surface area contributed by atoms with Crippen LogP contribution in [0.15, 0.2) is 24.3 Å². The highest BCUT2D eigenvalue weighted by Crippen LogP contribution is 2.48. The van der Waals surface area contributed by atoms with Gasteiger partial charge in [-0.1, -0.05) is 32.9 Å². The molecule has 0 saturated heterocycles. The van der Waals surface area contributed by atoms with E-state index < -0.39 is 0 Å². The third-order valence-corrected chi connectivity index (χ3v) is 4.45. The first-order chi connectivity index (χ1) is 9.54. The van der Waals surface area contributed by atoms with Crippen LogP contribution in [0, 0.1) is 11.3 Å². The van der Waals surface area contributed by atoms with E-state index in [9.17, 15) is 0 Å². The van der Waals surface area contributed by atoms with E-state index in [1.54, 1.807) is 0 Å². The van der Waals surface area contributed by atoms with Crippen molar-refractivity contribution in [3.63, 3.8) is 0 Å². The Hall–Kier alpha value is -1.02. The van der Waals surface area contributed by atoms with Crippen LogP contribution in [0.5, 0.6) is 5.75 Å². The van der Waals surface area contributed by atoms with Crippen LogP contribution in [-0.4, -0.2) is 13.2 Å². The number of hydrogen-bond donors (Lipinski definition) is 1. The lowest BCUT2D eigenvalue weighted by Crippen LogP contribution is -2.26. The van der Waals surface area contributed by atoms with Crippen molar-refractivity contribution in [2.75, 3.05) is 13.2 Å². The normalized spacial score (nSPS) is 18.1. The fourth-order valence-electron chi connectivity index (χ4n) is 2.44. The Morgan fingerprint density at radius 2 is 1.80 bits per heavy atom. The van der Waals surface area contributed by atoms with Crippen LogP contribution in [0.4, 0.5) is 0 Å². The second kappa shape index (κ2) is 6.62. The molecule has 0 aromatic heterocycles. The Morgan fingerprint density at radius 3 is 2.30 bits per heavy atom. The van der Waals surface area contributed by atoms with Crippen LogP contribution in [0.25, 0.3) is 0 Å². The lowest BCUT2D eigenvalue weighted by Gasteiger charge is -2.19. The van der Waals surface area contributed by atoms with Crippen molar-refractivity contribution >= 4 is 0 Å². The summed E-state index contributed by atoms with van der Waals surface area (Å²) in [4.78, 5) is 0. The second-order valence-electron chi connectivity index (χ2n) is 6.73. The molecule has 1 N–H and O–H groups in total. The van der Waals surface area contributed by atoms with Crippen molar-refractivity contribution in [3.05, 3.63) is 29.8 Å². The minimum atomic E-state index is 0.415. The predicted molar refractivity (Wildman–Crippen MR) is 85.2 cm³/mol. The summed E-state index contributed by atoms with van der Waals surface area (Å²) in [6.07, 6.45) is 4.09. The molecule has 112 valence electrons. The van der Waals surface area contributed by atoms with Gasteiger partial charge in [-0.15, -0.1) is 0 Å². The summed E-state index contributed by atoms with van der Waals surface area (Å²) in [6.45, 7) is 10.8. The Kier molecular flexibility index (Phi) is 5.09. The zero-order chi connectivity index (χ0) is 14.6. The summed E-state index contributed by atoms with van der Waals surface area (Å²) in [5.41, 5.74) is 1.95. The number of benzene rings is 1. The minimum Gasteiger partial charge on any atom is -0.493 e.